The van der Waals surface area contributed by atoms with Gasteiger partial charge in [-0.1, -0.05) is 12.1 Å². The number of aliphatic hydroxyl groups is 1. The molecule has 0 aliphatic carbocycles. The van der Waals surface area contributed by atoms with Crippen LogP contribution in [0.2, 0.25) is 0 Å². The van der Waals surface area contributed by atoms with E-state index in [1.54, 1.807) is 0 Å². The Kier molecular flexibility index (Phi) is 11.3. The van der Waals surface area contributed by atoms with Gasteiger partial charge in [-0.15, -0.1) is 0 Å². The fraction of sp³-hybridized carbons (Fsp3) is 0.429. The van der Waals surface area contributed by atoms with Crippen LogP contribution < -0.4 is 33.2 Å². The predicted molar refractivity (Wildman–Crippen MR) is 123 cm³/mol. The lowest BCUT2D eigenvalue weighted by molar-refractivity contribution is -0.145. The molecule has 0 bridgehead atoms. The predicted octanol–water partition coefficient (Wildman–Crippen LogP) is -4.07. The zero-order valence-electron chi connectivity index (χ0n) is 19.3. The number of amides is 5. The molecule has 0 aliphatic heterocycles. The van der Waals surface area contributed by atoms with E-state index >= 15 is 0 Å². The molecule has 0 radical (unpaired) electrons. The molecule has 198 valence electrons. The molecule has 0 spiro atoms. The number of aromatic hydroxyl groups is 1. The van der Waals surface area contributed by atoms with E-state index in [0.29, 0.717) is 5.56 Å². The molecule has 0 saturated heterocycles. The fourth-order valence-corrected chi connectivity index (χ4v) is 2.99. The Morgan fingerprint density at radius 2 is 1.28 bits per heavy atom. The number of carbonyl (C=O) groups excluding carboxylic acids is 5. The van der Waals surface area contributed by atoms with Crippen molar-refractivity contribution >= 4 is 35.5 Å². The highest BCUT2D eigenvalue weighted by Crippen LogP contribution is 2.11. The second-order valence-corrected chi connectivity index (χ2v) is 8.01. The summed E-state index contributed by atoms with van der Waals surface area (Å²) >= 11 is 0. The number of carboxylic acids is 1. The zero-order valence-corrected chi connectivity index (χ0v) is 19.3. The van der Waals surface area contributed by atoms with E-state index in [9.17, 15) is 39.0 Å². The average Bonchev–Trinajstić information content (AvgIpc) is 2.76. The second-order valence-electron chi connectivity index (χ2n) is 8.01. The minimum atomic E-state index is -1.76. The van der Waals surface area contributed by atoms with Gasteiger partial charge in [0.15, 0.2) is 6.04 Å². The molecule has 5 amide bonds. The Balaban J connectivity index is 2.99. The molecule has 0 saturated carbocycles. The average molecular weight is 511 g/mol. The molecule has 1 aromatic carbocycles. The van der Waals surface area contributed by atoms with Crippen LogP contribution in [0.25, 0.3) is 0 Å². The SMILES string of the molecule is CC(O)C(NC(=O)C(CC(N)=O)NC(=O)C(CC(N)=O)NC(=O)C(N)Cc1ccc(O)cc1)C(=O)O. The molecule has 5 unspecified atom stereocenters. The normalized spacial score (nSPS) is 14.9. The molecule has 0 heterocycles. The number of phenolic OH excluding ortho intramolecular Hbond substituents is 1. The maximum atomic E-state index is 12.8. The summed E-state index contributed by atoms with van der Waals surface area (Å²) in [7, 11) is 0. The minimum absolute atomic E-state index is 0.00707. The Morgan fingerprint density at radius 3 is 1.69 bits per heavy atom. The molecule has 0 aromatic heterocycles. The molecule has 12 N–H and O–H groups in total. The van der Waals surface area contributed by atoms with Crippen molar-refractivity contribution in [1.82, 2.24) is 16.0 Å². The van der Waals surface area contributed by atoms with Gasteiger partial charge in [0.2, 0.25) is 29.5 Å². The number of rotatable bonds is 14. The molecule has 0 fully saturated rings. The van der Waals surface area contributed by atoms with E-state index in [4.69, 9.17) is 22.3 Å². The molecule has 15 heteroatoms. The van der Waals surface area contributed by atoms with Crippen molar-refractivity contribution in [2.24, 2.45) is 17.2 Å². The molecule has 1 rings (SSSR count). The molecule has 1 aromatic rings. The summed E-state index contributed by atoms with van der Waals surface area (Å²) in [4.78, 5) is 71.9. The molecular formula is C21H30N6O9. The number of nitrogens with two attached hydrogens (primary N) is 3. The van der Waals surface area contributed by atoms with Crippen LogP contribution in [0, 0.1) is 0 Å². The number of phenols is 1. The molecule has 36 heavy (non-hydrogen) atoms. The zero-order chi connectivity index (χ0) is 27.6. The minimum Gasteiger partial charge on any atom is -0.508 e. The third-order valence-corrected chi connectivity index (χ3v) is 4.85. The van der Waals surface area contributed by atoms with Crippen LogP contribution in [0.5, 0.6) is 5.75 Å². The van der Waals surface area contributed by atoms with Gasteiger partial charge in [0.25, 0.3) is 0 Å². The van der Waals surface area contributed by atoms with Crippen molar-refractivity contribution in [2.75, 3.05) is 0 Å². The van der Waals surface area contributed by atoms with Crippen LogP contribution in [0.15, 0.2) is 24.3 Å². The lowest BCUT2D eigenvalue weighted by atomic mass is 10.0. The summed E-state index contributed by atoms with van der Waals surface area (Å²) < 4.78 is 0. The fourth-order valence-electron chi connectivity index (χ4n) is 2.99. The van der Waals surface area contributed by atoms with Crippen LogP contribution >= 0.6 is 0 Å². The van der Waals surface area contributed by atoms with E-state index < -0.39 is 78.6 Å². The van der Waals surface area contributed by atoms with Gasteiger partial charge < -0.3 is 48.5 Å². The van der Waals surface area contributed by atoms with Crippen molar-refractivity contribution in [2.45, 2.75) is 56.5 Å². The number of primary amides is 2. The van der Waals surface area contributed by atoms with Crippen molar-refractivity contribution in [3.8, 4) is 5.75 Å². The van der Waals surface area contributed by atoms with E-state index in [0.717, 1.165) is 6.92 Å². The van der Waals surface area contributed by atoms with Crippen LogP contribution in [-0.4, -0.2) is 81.1 Å². The van der Waals surface area contributed by atoms with Gasteiger partial charge in [0.05, 0.1) is 25.0 Å². The summed E-state index contributed by atoms with van der Waals surface area (Å²) in [5, 5.41) is 34.3. The van der Waals surface area contributed by atoms with E-state index in [2.05, 4.69) is 10.6 Å². The quantitative estimate of drug-likeness (QED) is 0.117. The smallest absolute Gasteiger partial charge is 0.328 e. The first kappa shape index (κ1) is 29.8. The van der Waals surface area contributed by atoms with Crippen molar-refractivity contribution in [1.29, 1.82) is 0 Å². The summed E-state index contributed by atoms with van der Waals surface area (Å²) in [6, 6.07) is -0.404. The Bertz CT molecular complexity index is 983. The first-order valence-corrected chi connectivity index (χ1v) is 10.6. The van der Waals surface area contributed by atoms with Gasteiger partial charge in [-0.3, -0.25) is 24.0 Å². The largest absolute Gasteiger partial charge is 0.508 e. The number of hydrogen-bond acceptors (Lipinski definition) is 9. The standard InChI is InChI=1S/C21H30N6O9/c1-9(28)17(21(35)36)27-20(34)14(8-16(24)31)26-19(33)13(7-15(23)30)25-18(32)12(22)6-10-2-4-11(29)5-3-10/h2-5,9,12-14,17,28-29H,6-8,22H2,1H3,(H2,23,30)(H2,24,31)(H,25,32)(H,26,33)(H,27,34)(H,35,36). The second kappa shape index (κ2) is 13.6. The van der Waals surface area contributed by atoms with Crippen LogP contribution in [0.1, 0.15) is 25.3 Å². The summed E-state index contributed by atoms with van der Waals surface area (Å²) in [6.07, 6.45) is -2.96. The van der Waals surface area contributed by atoms with Crippen molar-refractivity contribution < 1.29 is 44.1 Å². The highest BCUT2D eigenvalue weighted by atomic mass is 16.4. The highest BCUT2D eigenvalue weighted by molar-refractivity contribution is 5.97. The number of benzene rings is 1. The summed E-state index contributed by atoms with van der Waals surface area (Å²) in [6.45, 7) is 1.10. The Hall–Kier alpha value is -4.24. The molecule has 5 atom stereocenters. The summed E-state index contributed by atoms with van der Waals surface area (Å²) in [5.41, 5.74) is 16.7. The van der Waals surface area contributed by atoms with Crippen LogP contribution in [0.4, 0.5) is 0 Å². The van der Waals surface area contributed by atoms with Gasteiger partial charge in [-0.05, 0) is 31.0 Å². The number of aliphatic hydroxyl groups excluding tert-OH is 1. The maximum absolute atomic E-state index is 12.8. The number of hydrogen-bond donors (Lipinski definition) is 9. The molecular weight excluding hydrogens is 480 g/mol. The summed E-state index contributed by atoms with van der Waals surface area (Å²) in [5.74, 6) is -6.71. The van der Waals surface area contributed by atoms with Gasteiger partial charge >= 0.3 is 5.97 Å². The third kappa shape index (κ3) is 9.94. The van der Waals surface area contributed by atoms with Gasteiger partial charge in [-0.2, -0.15) is 0 Å². The van der Waals surface area contributed by atoms with Crippen molar-refractivity contribution in [3.05, 3.63) is 29.8 Å². The van der Waals surface area contributed by atoms with E-state index in [-0.39, 0.29) is 12.2 Å². The first-order valence-electron chi connectivity index (χ1n) is 10.6. The lowest BCUT2D eigenvalue weighted by Crippen LogP contribution is -2.59. The van der Waals surface area contributed by atoms with Crippen molar-refractivity contribution in [3.63, 3.8) is 0 Å². The molecule has 15 nitrogen and oxygen atoms in total. The number of carboxylic acid groups (broad SMARTS) is 1. The van der Waals surface area contributed by atoms with Gasteiger partial charge in [-0.25, -0.2) is 4.79 Å². The van der Waals surface area contributed by atoms with E-state index in [1.165, 1.54) is 24.3 Å². The first-order chi connectivity index (χ1) is 16.7. The Labute approximate surface area is 205 Å². The van der Waals surface area contributed by atoms with Gasteiger partial charge in [0.1, 0.15) is 17.8 Å². The monoisotopic (exact) mass is 510 g/mol. The number of aliphatic carboxylic acids is 1. The van der Waals surface area contributed by atoms with Gasteiger partial charge in [0, 0.05) is 0 Å². The third-order valence-electron chi connectivity index (χ3n) is 4.85. The Morgan fingerprint density at radius 1 is 0.833 bits per heavy atom. The maximum Gasteiger partial charge on any atom is 0.328 e. The topological polar surface area (TPSA) is 277 Å². The lowest BCUT2D eigenvalue weighted by Gasteiger charge is -2.25. The van der Waals surface area contributed by atoms with Crippen LogP contribution in [-0.2, 0) is 35.2 Å². The highest BCUT2D eigenvalue weighted by Gasteiger charge is 2.33. The molecule has 0 aliphatic rings. The number of nitrogens with one attached hydrogen (secondary N) is 3. The van der Waals surface area contributed by atoms with Crippen LogP contribution in [0.3, 0.4) is 0 Å². The van der Waals surface area contributed by atoms with E-state index in [1.807, 2.05) is 5.32 Å². The number of carbonyl (C=O) groups is 6.